The van der Waals surface area contributed by atoms with E-state index in [9.17, 15) is 4.79 Å². The van der Waals surface area contributed by atoms with E-state index in [0.29, 0.717) is 33.5 Å². The average Bonchev–Trinajstić information content (AvgIpc) is 3.07. The second kappa shape index (κ2) is 9.60. The molecule has 1 amide bonds. The normalized spacial score (nSPS) is 11.8. The molecule has 1 atom stereocenters. The number of nitrogens with zero attached hydrogens (tertiary/aromatic N) is 3. The quantitative estimate of drug-likeness (QED) is 0.545. The van der Waals surface area contributed by atoms with Crippen LogP contribution in [0.4, 0.5) is 10.6 Å². The molecule has 3 rings (SSSR count). The van der Waals surface area contributed by atoms with Gasteiger partial charge in [0.2, 0.25) is 0 Å². The molecule has 2 heterocycles. The lowest BCUT2D eigenvalue weighted by molar-refractivity contribution is 0.0503. The van der Waals surface area contributed by atoms with Gasteiger partial charge in [0.1, 0.15) is 17.7 Å². The number of methoxy groups -OCH3 is 1. The standard InChI is InChI=1S/C21H23ClN4O4/c1-13-19(29-12-28-4)10-9-18(24-13)16-11-23-26(3)20(16)25-21(27)30-14(2)15-7-5-6-8-17(15)22/h5-11,14H,12H2,1-4H3,(H,25,27)/t14-/m1/s1. The Labute approximate surface area is 179 Å². The molecule has 0 aliphatic carbocycles. The van der Waals surface area contributed by atoms with Crippen molar-refractivity contribution in [3.8, 4) is 17.0 Å². The monoisotopic (exact) mass is 430 g/mol. The van der Waals surface area contributed by atoms with Gasteiger partial charge in [-0.05, 0) is 32.0 Å². The number of aryl methyl sites for hydroxylation is 2. The maximum Gasteiger partial charge on any atom is 0.413 e. The van der Waals surface area contributed by atoms with E-state index in [1.807, 2.05) is 25.1 Å². The summed E-state index contributed by atoms with van der Waals surface area (Å²) >= 11 is 6.18. The van der Waals surface area contributed by atoms with Gasteiger partial charge in [-0.15, -0.1) is 0 Å². The number of amides is 1. The molecule has 0 fully saturated rings. The first-order chi connectivity index (χ1) is 14.4. The third-order valence-electron chi connectivity index (χ3n) is 4.43. The van der Waals surface area contributed by atoms with E-state index in [-0.39, 0.29) is 6.79 Å². The minimum absolute atomic E-state index is 0.136. The van der Waals surface area contributed by atoms with Crippen LogP contribution >= 0.6 is 11.6 Å². The Bertz CT molecular complexity index is 1040. The molecular weight excluding hydrogens is 408 g/mol. The van der Waals surface area contributed by atoms with Gasteiger partial charge in [0.15, 0.2) is 6.79 Å². The zero-order valence-electron chi connectivity index (χ0n) is 17.2. The predicted molar refractivity (Wildman–Crippen MR) is 114 cm³/mol. The first-order valence-electron chi connectivity index (χ1n) is 9.24. The molecule has 8 nitrogen and oxygen atoms in total. The zero-order valence-corrected chi connectivity index (χ0v) is 17.9. The molecule has 0 unspecified atom stereocenters. The molecule has 2 aromatic heterocycles. The number of rotatable bonds is 7. The van der Waals surface area contributed by atoms with E-state index in [4.69, 9.17) is 25.8 Å². The van der Waals surface area contributed by atoms with Gasteiger partial charge in [-0.1, -0.05) is 29.8 Å². The van der Waals surface area contributed by atoms with Crippen LogP contribution in [0.25, 0.3) is 11.3 Å². The smallest absolute Gasteiger partial charge is 0.413 e. The molecule has 0 radical (unpaired) electrons. The topological polar surface area (TPSA) is 87.5 Å². The third-order valence-corrected chi connectivity index (χ3v) is 4.78. The van der Waals surface area contributed by atoms with Crippen molar-refractivity contribution in [2.24, 2.45) is 7.05 Å². The number of carbonyl (C=O) groups is 1. The number of halogens is 1. The molecule has 30 heavy (non-hydrogen) atoms. The van der Waals surface area contributed by atoms with Crippen molar-refractivity contribution >= 4 is 23.5 Å². The maximum absolute atomic E-state index is 12.5. The molecule has 1 N–H and O–H groups in total. The Morgan fingerprint density at radius 2 is 2.03 bits per heavy atom. The lowest BCUT2D eigenvalue weighted by Crippen LogP contribution is -2.18. The molecule has 3 aromatic rings. The van der Waals surface area contributed by atoms with Crippen LogP contribution in [-0.4, -0.2) is 34.8 Å². The number of carbonyl (C=O) groups excluding carboxylic acids is 1. The molecule has 1 aromatic carbocycles. The van der Waals surface area contributed by atoms with Gasteiger partial charge in [-0.25, -0.2) is 9.78 Å². The summed E-state index contributed by atoms with van der Waals surface area (Å²) < 4.78 is 17.4. The zero-order chi connectivity index (χ0) is 21.7. The molecule has 9 heteroatoms. The Balaban J connectivity index is 1.77. The molecular formula is C21H23ClN4O4. The highest BCUT2D eigenvalue weighted by Crippen LogP contribution is 2.30. The molecule has 0 bridgehead atoms. The van der Waals surface area contributed by atoms with Crippen molar-refractivity contribution < 1.29 is 19.0 Å². The molecule has 0 saturated heterocycles. The number of anilines is 1. The van der Waals surface area contributed by atoms with Crippen LogP contribution in [0.2, 0.25) is 5.02 Å². The number of hydrogen-bond acceptors (Lipinski definition) is 6. The van der Waals surface area contributed by atoms with E-state index in [1.54, 1.807) is 50.2 Å². The molecule has 158 valence electrons. The predicted octanol–water partition coefficient (Wildman–Crippen LogP) is 4.74. The van der Waals surface area contributed by atoms with Crippen molar-refractivity contribution in [1.29, 1.82) is 0 Å². The van der Waals surface area contributed by atoms with Crippen LogP contribution in [0, 0.1) is 6.92 Å². The second-order valence-electron chi connectivity index (χ2n) is 6.56. The van der Waals surface area contributed by atoms with Crippen LogP contribution in [0.1, 0.15) is 24.3 Å². The van der Waals surface area contributed by atoms with Crippen LogP contribution in [0.15, 0.2) is 42.6 Å². The lowest BCUT2D eigenvalue weighted by atomic mass is 10.1. The first kappa shape index (κ1) is 21.6. The summed E-state index contributed by atoms with van der Waals surface area (Å²) in [4.78, 5) is 17.1. The maximum atomic E-state index is 12.5. The number of hydrogen-bond donors (Lipinski definition) is 1. The number of aromatic nitrogens is 3. The lowest BCUT2D eigenvalue weighted by Gasteiger charge is -2.16. The number of pyridine rings is 1. The van der Waals surface area contributed by atoms with E-state index < -0.39 is 12.2 Å². The minimum Gasteiger partial charge on any atom is -0.466 e. The average molecular weight is 431 g/mol. The number of ether oxygens (including phenoxy) is 3. The summed E-state index contributed by atoms with van der Waals surface area (Å²) in [6.07, 6.45) is 0.488. The Morgan fingerprint density at radius 3 is 2.73 bits per heavy atom. The Morgan fingerprint density at radius 1 is 1.27 bits per heavy atom. The van der Waals surface area contributed by atoms with Crippen LogP contribution in [0.5, 0.6) is 5.75 Å². The van der Waals surface area contributed by atoms with Crippen LogP contribution < -0.4 is 10.1 Å². The molecule has 0 saturated carbocycles. The fraction of sp³-hybridized carbons (Fsp3) is 0.286. The van der Waals surface area contributed by atoms with Gasteiger partial charge in [-0.2, -0.15) is 5.10 Å². The van der Waals surface area contributed by atoms with Crippen molar-refractivity contribution in [2.45, 2.75) is 20.0 Å². The van der Waals surface area contributed by atoms with Gasteiger partial charge in [0, 0.05) is 24.7 Å². The van der Waals surface area contributed by atoms with Gasteiger partial charge in [0.25, 0.3) is 0 Å². The van der Waals surface area contributed by atoms with Gasteiger partial charge < -0.3 is 14.2 Å². The SMILES string of the molecule is COCOc1ccc(-c2cnn(C)c2NC(=O)O[C@H](C)c2ccccc2Cl)nc1C. The van der Waals surface area contributed by atoms with Crippen molar-refractivity contribution in [3.05, 3.63) is 58.9 Å². The van der Waals surface area contributed by atoms with Gasteiger partial charge >= 0.3 is 6.09 Å². The fourth-order valence-corrected chi connectivity index (χ4v) is 3.19. The van der Waals surface area contributed by atoms with Gasteiger partial charge in [0.05, 0.1) is 23.1 Å². The van der Waals surface area contributed by atoms with E-state index in [1.165, 1.54) is 0 Å². The first-order valence-corrected chi connectivity index (χ1v) is 9.62. The van der Waals surface area contributed by atoms with Crippen molar-refractivity contribution in [3.63, 3.8) is 0 Å². The van der Waals surface area contributed by atoms with Crippen LogP contribution in [0.3, 0.4) is 0 Å². The summed E-state index contributed by atoms with van der Waals surface area (Å²) in [5.74, 6) is 1.08. The molecule has 0 aliphatic rings. The summed E-state index contributed by atoms with van der Waals surface area (Å²) in [5, 5.41) is 7.52. The molecule has 0 aliphatic heterocycles. The van der Waals surface area contributed by atoms with E-state index in [0.717, 1.165) is 5.56 Å². The fourth-order valence-electron chi connectivity index (χ4n) is 2.90. The third kappa shape index (κ3) is 4.90. The highest BCUT2D eigenvalue weighted by molar-refractivity contribution is 6.31. The summed E-state index contributed by atoms with van der Waals surface area (Å²) in [6, 6.07) is 10.8. The van der Waals surface area contributed by atoms with E-state index >= 15 is 0 Å². The van der Waals surface area contributed by atoms with Crippen molar-refractivity contribution in [1.82, 2.24) is 14.8 Å². The van der Waals surface area contributed by atoms with Gasteiger partial charge in [-0.3, -0.25) is 10.00 Å². The Kier molecular flexibility index (Phi) is 6.91. The largest absolute Gasteiger partial charge is 0.466 e. The second-order valence-corrected chi connectivity index (χ2v) is 6.96. The summed E-state index contributed by atoms with van der Waals surface area (Å²) in [7, 11) is 3.27. The number of nitrogens with one attached hydrogen (secondary N) is 1. The highest BCUT2D eigenvalue weighted by Gasteiger charge is 2.19. The van der Waals surface area contributed by atoms with E-state index in [2.05, 4.69) is 15.4 Å². The minimum atomic E-state index is -0.621. The van der Waals surface area contributed by atoms with Crippen LogP contribution in [-0.2, 0) is 16.5 Å². The van der Waals surface area contributed by atoms with Crippen molar-refractivity contribution in [2.75, 3.05) is 19.2 Å². The highest BCUT2D eigenvalue weighted by atomic mass is 35.5. The summed E-state index contributed by atoms with van der Waals surface area (Å²) in [6.45, 7) is 3.73. The summed E-state index contributed by atoms with van der Waals surface area (Å²) in [5.41, 5.74) is 2.71. The Hall–Kier alpha value is -3.10. The molecule has 0 spiro atoms. The number of benzene rings is 1.